The Bertz CT molecular complexity index is 1060. The number of H-pyrrole nitrogens is 1. The Kier molecular flexibility index (Phi) is 5.95. The number of nitrogens with one attached hydrogen (secondary N) is 1. The third-order valence-corrected chi connectivity index (χ3v) is 6.14. The Labute approximate surface area is 170 Å². The van der Waals surface area contributed by atoms with Crippen molar-refractivity contribution in [3.8, 4) is 0 Å². The second-order valence-corrected chi connectivity index (χ2v) is 8.23. The number of aromatic amines is 1. The van der Waals surface area contributed by atoms with Crippen molar-refractivity contribution in [3.63, 3.8) is 0 Å². The highest BCUT2D eigenvalue weighted by molar-refractivity contribution is 7.20. The lowest BCUT2D eigenvalue weighted by Crippen LogP contribution is -2.43. The fraction of sp³-hybridized carbons (Fsp3) is 0.579. The van der Waals surface area contributed by atoms with Gasteiger partial charge in [-0.2, -0.15) is 0 Å². The van der Waals surface area contributed by atoms with Crippen LogP contribution in [-0.2, 0) is 24.5 Å². The first-order chi connectivity index (χ1) is 13.7. The molecule has 1 aliphatic rings. The normalized spacial score (nSPS) is 15.9. The molecule has 0 aromatic carbocycles. The summed E-state index contributed by atoms with van der Waals surface area (Å²) in [7, 11) is 1.51. The van der Waals surface area contributed by atoms with Crippen LogP contribution in [0.3, 0.4) is 0 Å². The maximum atomic E-state index is 13.2. The highest BCUT2D eigenvalue weighted by Crippen LogP contribution is 2.45. The minimum Gasteiger partial charge on any atom is -0.462 e. The summed E-state index contributed by atoms with van der Waals surface area (Å²) in [6.07, 6.45) is 0.530. The Balaban J connectivity index is 1.99. The van der Waals surface area contributed by atoms with Crippen molar-refractivity contribution < 1.29 is 23.8 Å². The van der Waals surface area contributed by atoms with E-state index < -0.39 is 34.8 Å². The summed E-state index contributed by atoms with van der Waals surface area (Å²) in [4.78, 5) is 53.6. The van der Waals surface area contributed by atoms with Crippen LogP contribution in [-0.4, -0.2) is 47.9 Å². The number of thiophene rings is 1. The van der Waals surface area contributed by atoms with Crippen LogP contribution in [0.1, 0.15) is 48.3 Å². The third-order valence-electron chi connectivity index (χ3n) is 4.96. The van der Waals surface area contributed by atoms with Crippen LogP contribution in [0.25, 0.3) is 10.2 Å². The van der Waals surface area contributed by atoms with Gasteiger partial charge in [-0.1, -0.05) is 0 Å². The molecule has 29 heavy (non-hydrogen) atoms. The number of nitrogens with zero attached hydrogens (tertiary/aromatic N) is 1. The van der Waals surface area contributed by atoms with Crippen LogP contribution in [0.5, 0.6) is 0 Å². The lowest BCUT2D eigenvalue weighted by atomic mass is 10.1. The van der Waals surface area contributed by atoms with Crippen LogP contribution >= 0.6 is 11.3 Å². The first-order valence-electron chi connectivity index (χ1n) is 9.38. The molecule has 2 aromatic heterocycles. The van der Waals surface area contributed by atoms with Gasteiger partial charge in [0, 0.05) is 7.11 Å². The summed E-state index contributed by atoms with van der Waals surface area (Å²) in [6.45, 7) is 5.52. The molecule has 158 valence electrons. The van der Waals surface area contributed by atoms with Crippen molar-refractivity contribution in [2.75, 3.05) is 20.3 Å². The van der Waals surface area contributed by atoms with Gasteiger partial charge in [-0.15, -0.1) is 11.3 Å². The first kappa shape index (κ1) is 21.3. The van der Waals surface area contributed by atoms with Gasteiger partial charge >= 0.3 is 17.6 Å². The molecule has 2 heterocycles. The zero-order chi connectivity index (χ0) is 21.3. The molecule has 1 fully saturated rings. The maximum Gasteiger partial charge on any atom is 0.348 e. The number of aromatic nitrogens is 2. The van der Waals surface area contributed by atoms with E-state index in [2.05, 4.69) is 4.98 Å². The summed E-state index contributed by atoms with van der Waals surface area (Å²) in [5.74, 6) is -1.03. The van der Waals surface area contributed by atoms with E-state index >= 15 is 0 Å². The highest BCUT2D eigenvalue weighted by Gasteiger charge is 2.49. The largest absolute Gasteiger partial charge is 0.462 e. The highest BCUT2D eigenvalue weighted by atomic mass is 32.1. The van der Waals surface area contributed by atoms with E-state index in [-0.39, 0.29) is 29.9 Å². The van der Waals surface area contributed by atoms with Gasteiger partial charge in [-0.05, 0) is 39.2 Å². The summed E-state index contributed by atoms with van der Waals surface area (Å²) >= 11 is 1.02. The average molecular weight is 424 g/mol. The average Bonchev–Trinajstić information content (AvgIpc) is 3.30. The number of fused-ring (bicyclic) bond motifs is 1. The molecule has 1 atom stereocenters. The Hall–Kier alpha value is -2.46. The predicted molar refractivity (Wildman–Crippen MR) is 107 cm³/mol. The van der Waals surface area contributed by atoms with E-state index in [9.17, 15) is 19.2 Å². The topological polar surface area (TPSA) is 117 Å². The summed E-state index contributed by atoms with van der Waals surface area (Å²) < 4.78 is 16.4. The zero-order valence-corrected chi connectivity index (χ0v) is 17.6. The Morgan fingerprint density at radius 2 is 2.00 bits per heavy atom. The van der Waals surface area contributed by atoms with Gasteiger partial charge in [-0.3, -0.25) is 19.1 Å². The number of hydrogen-bond acceptors (Lipinski definition) is 8. The van der Waals surface area contributed by atoms with Crippen LogP contribution in [0.2, 0.25) is 0 Å². The Morgan fingerprint density at radius 3 is 2.59 bits per heavy atom. The van der Waals surface area contributed by atoms with Crippen LogP contribution in [0, 0.1) is 6.92 Å². The molecule has 0 aliphatic heterocycles. The van der Waals surface area contributed by atoms with E-state index in [0.29, 0.717) is 23.2 Å². The predicted octanol–water partition coefficient (Wildman–Crippen LogP) is 1.69. The number of carbonyl (C=O) groups is 2. The second kappa shape index (κ2) is 8.11. The number of carbonyl (C=O) groups excluding carboxylic acids is 2. The van der Waals surface area contributed by atoms with Gasteiger partial charge in [0.15, 0.2) is 0 Å². The smallest absolute Gasteiger partial charge is 0.348 e. The molecule has 0 bridgehead atoms. The van der Waals surface area contributed by atoms with Gasteiger partial charge < -0.3 is 14.2 Å². The number of rotatable bonds is 8. The number of aryl methyl sites for hydroxylation is 1. The van der Waals surface area contributed by atoms with Crippen molar-refractivity contribution in [1.82, 2.24) is 9.55 Å². The number of ether oxygens (including phenoxy) is 3. The molecule has 1 saturated carbocycles. The minimum atomic E-state index is -0.902. The summed E-state index contributed by atoms with van der Waals surface area (Å²) in [6, 6.07) is 0. The molecule has 0 spiro atoms. The zero-order valence-electron chi connectivity index (χ0n) is 16.8. The van der Waals surface area contributed by atoms with Crippen molar-refractivity contribution in [2.24, 2.45) is 0 Å². The fourth-order valence-corrected chi connectivity index (χ4v) is 4.55. The standard InChI is InChI=1S/C19H24N2O7S/c1-5-27-17(24)14-11(3)13-15(29-14)20-18(25)21(16(13)23)19(6-7-19)8-12(22)28-10(2)9-26-4/h10H,5-9H2,1-4H3,(H,20,25). The van der Waals surface area contributed by atoms with E-state index in [4.69, 9.17) is 14.2 Å². The number of hydrogen-bond donors (Lipinski definition) is 1. The van der Waals surface area contributed by atoms with E-state index in [0.717, 1.165) is 15.9 Å². The molecule has 0 saturated heterocycles. The molecule has 1 N–H and O–H groups in total. The van der Waals surface area contributed by atoms with Crippen LogP contribution < -0.4 is 11.2 Å². The molecule has 1 aliphatic carbocycles. The quantitative estimate of drug-likeness (QED) is 0.641. The van der Waals surface area contributed by atoms with Gasteiger partial charge in [0.1, 0.15) is 15.8 Å². The van der Waals surface area contributed by atoms with Crippen molar-refractivity contribution in [1.29, 1.82) is 0 Å². The molecule has 9 nitrogen and oxygen atoms in total. The van der Waals surface area contributed by atoms with Gasteiger partial charge in [0.05, 0.1) is 30.6 Å². The number of methoxy groups -OCH3 is 1. The van der Waals surface area contributed by atoms with Gasteiger partial charge in [0.2, 0.25) is 0 Å². The van der Waals surface area contributed by atoms with Gasteiger partial charge in [0.25, 0.3) is 5.56 Å². The van der Waals surface area contributed by atoms with Crippen LogP contribution in [0.4, 0.5) is 0 Å². The lowest BCUT2D eigenvalue weighted by Gasteiger charge is -2.19. The van der Waals surface area contributed by atoms with E-state index in [1.807, 2.05) is 0 Å². The van der Waals surface area contributed by atoms with Gasteiger partial charge in [-0.25, -0.2) is 9.59 Å². The van der Waals surface area contributed by atoms with Crippen molar-refractivity contribution in [2.45, 2.75) is 51.7 Å². The lowest BCUT2D eigenvalue weighted by molar-refractivity contribution is -0.151. The summed E-state index contributed by atoms with van der Waals surface area (Å²) in [5.41, 5.74) is -1.55. The molecular weight excluding hydrogens is 400 g/mol. The third kappa shape index (κ3) is 3.99. The molecule has 10 heteroatoms. The molecule has 2 aromatic rings. The first-order valence-corrected chi connectivity index (χ1v) is 10.2. The fourth-order valence-electron chi connectivity index (χ4n) is 3.47. The van der Waals surface area contributed by atoms with Crippen LogP contribution in [0.15, 0.2) is 9.59 Å². The number of esters is 2. The molecule has 0 radical (unpaired) electrons. The second-order valence-electron chi connectivity index (χ2n) is 7.21. The molecule has 1 unspecified atom stereocenters. The van der Waals surface area contributed by atoms with Crippen molar-refractivity contribution >= 4 is 33.5 Å². The molecule has 3 rings (SSSR count). The van der Waals surface area contributed by atoms with E-state index in [1.165, 1.54) is 7.11 Å². The van der Waals surface area contributed by atoms with E-state index in [1.54, 1.807) is 20.8 Å². The monoisotopic (exact) mass is 424 g/mol. The maximum absolute atomic E-state index is 13.2. The molecular formula is C19H24N2O7S. The molecule has 0 amide bonds. The summed E-state index contributed by atoms with van der Waals surface area (Å²) in [5, 5.41) is 0.269. The Morgan fingerprint density at radius 1 is 1.31 bits per heavy atom. The SMILES string of the molecule is CCOC(=O)c1sc2[nH]c(=O)n(C3(CC(=O)OC(C)COC)CC3)c(=O)c2c1C. The van der Waals surface area contributed by atoms with Crippen molar-refractivity contribution in [3.05, 3.63) is 31.3 Å². The minimum absolute atomic E-state index is 0.0799.